The lowest BCUT2D eigenvalue weighted by atomic mass is 10.1. The largest absolute Gasteiger partial charge is 0.409 e. The topological polar surface area (TPSA) is 83.5 Å². The molecule has 17 heavy (non-hydrogen) atoms. The van der Waals surface area contributed by atoms with Gasteiger partial charge in [0.2, 0.25) is 0 Å². The summed E-state index contributed by atoms with van der Waals surface area (Å²) in [7, 11) is 0. The molecule has 1 atom stereocenters. The van der Waals surface area contributed by atoms with Gasteiger partial charge >= 0.3 is 0 Å². The number of nitrogens with two attached hydrogens (primary N) is 1. The predicted octanol–water partition coefficient (Wildman–Crippen LogP) is 1.39. The number of pyridine rings is 1. The molecule has 5 nitrogen and oxygen atoms in total. The van der Waals surface area contributed by atoms with E-state index >= 15 is 0 Å². The highest BCUT2D eigenvalue weighted by Gasteiger charge is 2.08. The summed E-state index contributed by atoms with van der Waals surface area (Å²) < 4.78 is 0. The number of aromatic nitrogens is 1. The van der Waals surface area contributed by atoms with E-state index in [4.69, 9.17) is 10.9 Å². The van der Waals surface area contributed by atoms with Crippen LogP contribution in [-0.4, -0.2) is 22.1 Å². The number of nitrogens with one attached hydrogen (secondary N) is 1. The molecule has 1 unspecified atom stereocenters. The smallest absolute Gasteiger partial charge is 0.140 e. The second kappa shape index (κ2) is 6.85. The highest BCUT2D eigenvalue weighted by atomic mass is 16.4. The van der Waals surface area contributed by atoms with Crippen LogP contribution in [0.15, 0.2) is 23.6 Å². The van der Waals surface area contributed by atoms with Crippen LogP contribution < -0.4 is 11.1 Å². The average molecular weight is 236 g/mol. The first-order valence-corrected chi connectivity index (χ1v) is 5.76. The van der Waals surface area contributed by atoms with Gasteiger partial charge in [0.05, 0.1) is 0 Å². The summed E-state index contributed by atoms with van der Waals surface area (Å²) in [6.07, 6.45) is 5.12. The molecule has 0 bridgehead atoms. The van der Waals surface area contributed by atoms with Gasteiger partial charge < -0.3 is 16.3 Å². The fourth-order valence-corrected chi connectivity index (χ4v) is 1.61. The van der Waals surface area contributed by atoms with Gasteiger partial charge in [0.25, 0.3) is 0 Å². The van der Waals surface area contributed by atoms with Crippen LogP contribution >= 0.6 is 0 Å². The van der Waals surface area contributed by atoms with Crippen LogP contribution in [0.4, 0.5) is 0 Å². The fraction of sp³-hybridized carbons (Fsp3) is 0.500. The number of amidine groups is 1. The standard InChI is InChI=1S/C12H20N4O/c1-3-11(6-12(13)16-17)15-8-10-4-5-14-7-9(10)2/h4-5,7,11,15,17H,3,6,8H2,1-2H3,(H2,13,16). The summed E-state index contributed by atoms with van der Waals surface area (Å²) in [5.74, 6) is 0.260. The third-order valence-corrected chi connectivity index (χ3v) is 2.79. The van der Waals surface area contributed by atoms with Crippen molar-refractivity contribution in [1.82, 2.24) is 10.3 Å². The number of oxime groups is 1. The summed E-state index contributed by atoms with van der Waals surface area (Å²) in [5, 5.41) is 14.9. The van der Waals surface area contributed by atoms with E-state index in [9.17, 15) is 0 Å². The second-order valence-electron chi connectivity index (χ2n) is 4.08. The zero-order chi connectivity index (χ0) is 12.7. The van der Waals surface area contributed by atoms with Crippen molar-refractivity contribution in [2.75, 3.05) is 0 Å². The number of hydrogen-bond donors (Lipinski definition) is 3. The van der Waals surface area contributed by atoms with Crippen LogP contribution in [0.1, 0.15) is 30.9 Å². The zero-order valence-corrected chi connectivity index (χ0v) is 10.3. The molecule has 1 aromatic heterocycles. The molecule has 0 aromatic carbocycles. The zero-order valence-electron chi connectivity index (χ0n) is 10.3. The Balaban J connectivity index is 2.51. The van der Waals surface area contributed by atoms with E-state index in [1.807, 2.05) is 19.2 Å². The molecule has 0 fully saturated rings. The Bertz CT molecular complexity index is 379. The lowest BCUT2D eigenvalue weighted by Crippen LogP contribution is -2.32. The maximum absolute atomic E-state index is 8.54. The second-order valence-corrected chi connectivity index (χ2v) is 4.08. The van der Waals surface area contributed by atoms with E-state index in [0.717, 1.165) is 13.0 Å². The van der Waals surface area contributed by atoms with E-state index < -0.39 is 0 Å². The molecule has 0 aliphatic heterocycles. The van der Waals surface area contributed by atoms with Gasteiger partial charge in [0, 0.05) is 31.4 Å². The molecule has 0 amide bonds. The van der Waals surface area contributed by atoms with Crippen LogP contribution in [0.5, 0.6) is 0 Å². The molecule has 5 heteroatoms. The minimum atomic E-state index is 0.221. The normalized spacial score (nSPS) is 13.6. The summed E-state index contributed by atoms with van der Waals surface area (Å²) >= 11 is 0. The number of hydrogen-bond acceptors (Lipinski definition) is 4. The van der Waals surface area contributed by atoms with Crippen LogP contribution in [0.2, 0.25) is 0 Å². The van der Waals surface area contributed by atoms with Gasteiger partial charge in [-0.1, -0.05) is 12.1 Å². The summed E-state index contributed by atoms with van der Waals surface area (Å²) in [6.45, 7) is 4.88. The van der Waals surface area contributed by atoms with Crippen molar-refractivity contribution in [2.24, 2.45) is 10.9 Å². The third kappa shape index (κ3) is 4.40. The average Bonchev–Trinajstić information content (AvgIpc) is 2.35. The van der Waals surface area contributed by atoms with Crippen LogP contribution in [0.3, 0.4) is 0 Å². The van der Waals surface area contributed by atoms with E-state index in [1.165, 1.54) is 11.1 Å². The maximum atomic E-state index is 8.54. The van der Waals surface area contributed by atoms with E-state index in [-0.39, 0.29) is 11.9 Å². The van der Waals surface area contributed by atoms with Crippen LogP contribution in [-0.2, 0) is 6.54 Å². The Morgan fingerprint density at radius 1 is 1.65 bits per heavy atom. The van der Waals surface area contributed by atoms with Gasteiger partial charge in [0.1, 0.15) is 5.84 Å². The molecule has 0 aliphatic carbocycles. The Morgan fingerprint density at radius 2 is 2.41 bits per heavy atom. The molecule has 0 saturated carbocycles. The number of aryl methyl sites for hydroxylation is 1. The summed E-state index contributed by atoms with van der Waals surface area (Å²) in [6, 6.07) is 2.22. The predicted molar refractivity (Wildman–Crippen MR) is 67.9 cm³/mol. The van der Waals surface area contributed by atoms with E-state index in [1.54, 1.807) is 6.20 Å². The third-order valence-electron chi connectivity index (χ3n) is 2.79. The van der Waals surface area contributed by atoms with Crippen molar-refractivity contribution in [3.63, 3.8) is 0 Å². The minimum absolute atomic E-state index is 0.221. The SMILES string of the molecule is CCC(C/C(N)=N/O)NCc1ccncc1C. The number of nitrogens with zero attached hydrogens (tertiary/aromatic N) is 2. The molecule has 94 valence electrons. The quantitative estimate of drug-likeness (QED) is 0.302. The van der Waals surface area contributed by atoms with Crippen molar-refractivity contribution >= 4 is 5.84 Å². The van der Waals surface area contributed by atoms with Crippen molar-refractivity contribution in [3.8, 4) is 0 Å². The van der Waals surface area contributed by atoms with Crippen molar-refractivity contribution in [1.29, 1.82) is 0 Å². The Kier molecular flexibility index (Phi) is 5.42. The summed E-state index contributed by atoms with van der Waals surface area (Å²) in [4.78, 5) is 4.05. The first-order valence-electron chi connectivity index (χ1n) is 5.76. The first kappa shape index (κ1) is 13.4. The molecule has 1 heterocycles. The molecule has 0 saturated heterocycles. The molecular weight excluding hydrogens is 216 g/mol. The molecule has 0 spiro atoms. The monoisotopic (exact) mass is 236 g/mol. The van der Waals surface area contributed by atoms with Gasteiger partial charge in [-0.05, 0) is 30.5 Å². The molecule has 4 N–H and O–H groups in total. The maximum Gasteiger partial charge on any atom is 0.140 e. The molecule has 1 rings (SSSR count). The van der Waals surface area contributed by atoms with Crippen LogP contribution in [0.25, 0.3) is 0 Å². The molecule has 0 radical (unpaired) electrons. The Labute approximate surface area is 102 Å². The van der Waals surface area contributed by atoms with Crippen LogP contribution in [0, 0.1) is 6.92 Å². The highest BCUT2D eigenvalue weighted by Crippen LogP contribution is 2.06. The Hall–Kier alpha value is -1.62. The van der Waals surface area contributed by atoms with E-state index in [2.05, 4.69) is 22.4 Å². The van der Waals surface area contributed by atoms with Crippen molar-refractivity contribution in [2.45, 2.75) is 39.3 Å². The minimum Gasteiger partial charge on any atom is -0.409 e. The van der Waals surface area contributed by atoms with Crippen molar-refractivity contribution in [3.05, 3.63) is 29.6 Å². The van der Waals surface area contributed by atoms with Gasteiger partial charge in [-0.25, -0.2) is 0 Å². The molecule has 1 aromatic rings. The lowest BCUT2D eigenvalue weighted by Gasteiger charge is -2.16. The Morgan fingerprint density at radius 3 is 3.00 bits per heavy atom. The molecular formula is C12H20N4O. The van der Waals surface area contributed by atoms with Gasteiger partial charge in [-0.2, -0.15) is 0 Å². The number of rotatable bonds is 6. The van der Waals surface area contributed by atoms with Crippen molar-refractivity contribution < 1.29 is 5.21 Å². The van der Waals surface area contributed by atoms with Gasteiger partial charge in [-0.15, -0.1) is 0 Å². The van der Waals surface area contributed by atoms with Gasteiger partial charge in [-0.3, -0.25) is 4.98 Å². The van der Waals surface area contributed by atoms with Gasteiger partial charge in [0.15, 0.2) is 0 Å². The molecule has 0 aliphatic rings. The first-order chi connectivity index (χ1) is 8.17. The summed E-state index contributed by atoms with van der Waals surface area (Å²) in [5.41, 5.74) is 7.88. The highest BCUT2D eigenvalue weighted by molar-refractivity contribution is 5.80. The fourth-order valence-electron chi connectivity index (χ4n) is 1.61. The van der Waals surface area contributed by atoms with E-state index in [0.29, 0.717) is 6.42 Å². The lowest BCUT2D eigenvalue weighted by molar-refractivity contribution is 0.315.